The first-order chi connectivity index (χ1) is 15.9. The Morgan fingerprint density at radius 1 is 1.15 bits per heavy atom. The van der Waals surface area contributed by atoms with E-state index in [0.29, 0.717) is 12.3 Å². The summed E-state index contributed by atoms with van der Waals surface area (Å²) in [5.74, 6) is 0.519. The van der Waals surface area contributed by atoms with Crippen molar-refractivity contribution in [3.8, 4) is 0 Å². The number of hydrogen-bond donors (Lipinski definition) is 1. The van der Waals surface area contributed by atoms with E-state index < -0.39 is 0 Å². The number of hydrogen-bond acceptors (Lipinski definition) is 2. The van der Waals surface area contributed by atoms with Gasteiger partial charge in [-0.2, -0.15) is 0 Å². The highest BCUT2D eigenvalue weighted by Gasteiger charge is 2.49. The van der Waals surface area contributed by atoms with Crippen molar-refractivity contribution in [2.24, 2.45) is 5.92 Å². The number of halogens is 1. The summed E-state index contributed by atoms with van der Waals surface area (Å²) in [4.78, 5) is 21.3. The van der Waals surface area contributed by atoms with Crippen molar-refractivity contribution in [3.05, 3.63) is 71.2 Å². The SMILES string of the molecule is CCC(=O)N1CCc2c([nH]c3ccccc23)C12CCC(C(c1ccc(F)cc1)N(C)C)CC2. The van der Waals surface area contributed by atoms with E-state index in [-0.39, 0.29) is 23.3 Å². The minimum Gasteiger partial charge on any atom is -0.356 e. The lowest BCUT2D eigenvalue weighted by atomic mass is 9.68. The number of amides is 1. The third-order valence-electron chi connectivity index (χ3n) is 8.06. The van der Waals surface area contributed by atoms with Gasteiger partial charge in [-0.3, -0.25) is 4.79 Å². The summed E-state index contributed by atoms with van der Waals surface area (Å²) in [6, 6.07) is 15.8. The smallest absolute Gasteiger partial charge is 0.223 e. The Kier molecular flexibility index (Phi) is 5.77. The number of nitrogens with zero attached hydrogens (tertiary/aromatic N) is 2. The van der Waals surface area contributed by atoms with Gasteiger partial charge in [-0.25, -0.2) is 4.39 Å². The fourth-order valence-corrected chi connectivity index (χ4v) is 6.59. The van der Waals surface area contributed by atoms with Gasteiger partial charge in [-0.1, -0.05) is 37.3 Å². The van der Waals surface area contributed by atoms with E-state index in [1.807, 2.05) is 19.1 Å². The second-order valence-corrected chi connectivity index (χ2v) is 10.0. The van der Waals surface area contributed by atoms with Crippen LogP contribution in [0.25, 0.3) is 10.9 Å². The summed E-state index contributed by atoms with van der Waals surface area (Å²) in [5.41, 5.74) is 4.74. The molecule has 3 aromatic rings. The van der Waals surface area contributed by atoms with Gasteiger partial charge in [0.15, 0.2) is 0 Å². The van der Waals surface area contributed by atoms with Gasteiger partial charge in [0.2, 0.25) is 5.91 Å². The first-order valence-corrected chi connectivity index (χ1v) is 12.3. The van der Waals surface area contributed by atoms with Crippen molar-refractivity contribution >= 4 is 16.8 Å². The van der Waals surface area contributed by atoms with E-state index in [1.165, 1.54) is 27.7 Å². The molecule has 1 aromatic heterocycles. The summed E-state index contributed by atoms with van der Waals surface area (Å²) >= 11 is 0. The molecule has 2 aromatic carbocycles. The molecule has 0 saturated heterocycles. The molecule has 1 spiro atoms. The topological polar surface area (TPSA) is 39.3 Å². The average molecular weight is 448 g/mol. The monoisotopic (exact) mass is 447 g/mol. The molecule has 0 radical (unpaired) electrons. The normalized spacial score (nSPS) is 23.8. The maximum atomic E-state index is 13.6. The largest absolute Gasteiger partial charge is 0.356 e. The highest BCUT2D eigenvalue weighted by molar-refractivity contribution is 5.86. The van der Waals surface area contributed by atoms with Gasteiger partial charge in [0.05, 0.1) is 5.54 Å². The van der Waals surface area contributed by atoms with Crippen LogP contribution in [0, 0.1) is 11.7 Å². The van der Waals surface area contributed by atoms with E-state index in [1.54, 1.807) is 12.1 Å². The molecule has 1 fully saturated rings. The van der Waals surface area contributed by atoms with Gasteiger partial charge >= 0.3 is 0 Å². The van der Waals surface area contributed by atoms with Gasteiger partial charge in [-0.05, 0) is 81.4 Å². The molecule has 1 amide bonds. The van der Waals surface area contributed by atoms with E-state index >= 15 is 0 Å². The number of fused-ring (bicyclic) bond motifs is 4. The second kappa shape index (κ2) is 8.60. The first-order valence-electron chi connectivity index (χ1n) is 12.3. The number of para-hydroxylation sites is 1. The number of rotatable bonds is 4. The molecular weight excluding hydrogens is 413 g/mol. The number of aromatic amines is 1. The molecule has 2 heterocycles. The molecule has 1 aliphatic carbocycles. The van der Waals surface area contributed by atoms with E-state index in [9.17, 15) is 9.18 Å². The molecule has 33 heavy (non-hydrogen) atoms. The van der Waals surface area contributed by atoms with Crippen molar-refractivity contribution < 1.29 is 9.18 Å². The van der Waals surface area contributed by atoms with Gasteiger partial charge in [0.25, 0.3) is 0 Å². The molecule has 1 atom stereocenters. The molecule has 1 aliphatic heterocycles. The van der Waals surface area contributed by atoms with Crippen LogP contribution in [0.1, 0.15) is 61.9 Å². The van der Waals surface area contributed by atoms with Crippen LogP contribution in [0.15, 0.2) is 48.5 Å². The van der Waals surface area contributed by atoms with Gasteiger partial charge < -0.3 is 14.8 Å². The number of carbonyl (C=O) groups is 1. The molecule has 1 saturated carbocycles. The lowest BCUT2D eigenvalue weighted by molar-refractivity contribution is -0.141. The van der Waals surface area contributed by atoms with Crippen LogP contribution in [0.4, 0.5) is 4.39 Å². The minimum absolute atomic E-state index is 0.193. The van der Waals surface area contributed by atoms with Crippen LogP contribution in [-0.4, -0.2) is 41.3 Å². The zero-order chi connectivity index (χ0) is 23.2. The summed E-state index contributed by atoms with van der Waals surface area (Å²) in [6.07, 6.45) is 5.41. The Morgan fingerprint density at radius 3 is 2.52 bits per heavy atom. The summed E-state index contributed by atoms with van der Waals surface area (Å²) in [5, 5.41) is 1.30. The molecule has 4 nitrogen and oxygen atoms in total. The van der Waals surface area contributed by atoms with Crippen molar-refractivity contribution in [1.29, 1.82) is 0 Å². The van der Waals surface area contributed by atoms with Crippen molar-refractivity contribution in [1.82, 2.24) is 14.8 Å². The van der Waals surface area contributed by atoms with E-state index in [4.69, 9.17) is 0 Å². The Bertz CT molecular complexity index is 1140. The van der Waals surface area contributed by atoms with Crippen LogP contribution in [0.3, 0.4) is 0 Å². The predicted octanol–water partition coefficient (Wildman–Crippen LogP) is 5.79. The van der Waals surface area contributed by atoms with Gasteiger partial charge in [0.1, 0.15) is 5.82 Å². The fourth-order valence-electron chi connectivity index (χ4n) is 6.59. The summed E-state index contributed by atoms with van der Waals surface area (Å²) < 4.78 is 13.6. The summed E-state index contributed by atoms with van der Waals surface area (Å²) in [7, 11) is 4.23. The van der Waals surface area contributed by atoms with Crippen molar-refractivity contribution in [2.45, 2.75) is 57.0 Å². The maximum absolute atomic E-state index is 13.6. The van der Waals surface area contributed by atoms with Gasteiger partial charge in [0, 0.05) is 35.6 Å². The Balaban J connectivity index is 1.50. The molecular formula is C28H34FN3O. The van der Waals surface area contributed by atoms with Crippen molar-refractivity contribution in [3.63, 3.8) is 0 Å². The standard InChI is InChI=1S/C28H34FN3O/c1-4-25(33)32-18-15-23-22-7-5-6-8-24(22)30-27(23)28(32)16-13-20(14-17-28)26(31(2)3)19-9-11-21(29)12-10-19/h5-12,20,26,30H,4,13-18H2,1-3H3. The molecule has 174 valence electrons. The molecule has 5 heteroatoms. The zero-order valence-electron chi connectivity index (χ0n) is 19.9. The number of H-pyrrole nitrogens is 1. The molecule has 1 unspecified atom stereocenters. The highest BCUT2D eigenvalue weighted by atomic mass is 19.1. The molecule has 1 N–H and O–H groups in total. The van der Waals surface area contributed by atoms with Crippen LogP contribution in [-0.2, 0) is 16.8 Å². The average Bonchev–Trinajstić information content (AvgIpc) is 3.21. The molecule has 0 bridgehead atoms. The number of carbonyl (C=O) groups excluding carboxylic acids is 1. The van der Waals surface area contributed by atoms with Crippen LogP contribution < -0.4 is 0 Å². The van der Waals surface area contributed by atoms with E-state index in [0.717, 1.165) is 38.6 Å². The molecule has 2 aliphatic rings. The number of aromatic nitrogens is 1. The van der Waals surface area contributed by atoms with Crippen LogP contribution >= 0.6 is 0 Å². The zero-order valence-corrected chi connectivity index (χ0v) is 19.9. The number of benzene rings is 2. The lowest BCUT2D eigenvalue weighted by Crippen LogP contribution is -2.55. The lowest BCUT2D eigenvalue weighted by Gasteiger charge is -2.52. The third kappa shape index (κ3) is 3.67. The Hall–Kier alpha value is -2.66. The first kappa shape index (κ1) is 22.1. The summed E-state index contributed by atoms with van der Waals surface area (Å²) in [6.45, 7) is 2.76. The predicted molar refractivity (Wildman–Crippen MR) is 130 cm³/mol. The second-order valence-electron chi connectivity index (χ2n) is 10.0. The third-order valence-corrected chi connectivity index (χ3v) is 8.06. The van der Waals surface area contributed by atoms with Crippen LogP contribution in [0.5, 0.6) is 0 Å². The Labute approximate surface area is 195 Å². The Morgan fingerprint density at radius 2 is 1.85 bits per heavy atom. The number of nitrogens with one attached hydrogen (secondary N) is 1. The van der Waals surface area contributed by atoms with Crippen molar-refractivity contribution in [2.75, 3.05) is 20.6 Å². The van der Waals surface area contributed by atoms with Gasteiger partial charge in [-0.15, -0.1) is 0 Å². The minimum atomic E-state index is -0.254. The van der Waals surface area contributed by atoms with E-state index in [2.05, 4.69) is 53.1 Å². The molecule has 5 rings (SSSR count). The van der Waals surface area contributed by atoms with Crippen LogP contribution in [0.2, 0.25) is 0 Å². The maximum Gasteiger partial charge on any atom is 0.223 e. The quantitative estimate of drug-likeness (QED) is 0.550. The highest BCUT2D eigenvalue weighted by Crippen LogP contribution is 2.51. The fraction of sp³-hybridized carbons (Fsp3) is 0.464.